The van der Waals surface area contributed by atoms with Crippen molar-refractivity contribution in [2.24, 2.45) is 0 Å². The Labute approximate surface area is 182 Å². The molecule has 1 saturated heterocycles. The fourth-order valence-electron chi connectivity index (χ4n) is 3.62. The highest BCUT2D eigenvalue weighted by Crippen LogP contribution is 2.29. The Morgan fingerprint density at radius 1 is 1.27 bits per heavy atom. The predicted molar refractivity (Wildman–Crippen MR) is 119 cm³/mol. The number of benzene rings is 1. The average molecular weight is 430 g/mol. The van der Waals surface area contributed by atoms with Gasteiger partial charge in [-0.3, -0.25) is 9.69 Å². The zero-order valence-corrected chi connectivity index (χ0v) is 18.8. The van der Waals surface area contributed by atoms with Crippen molar-refractivity contribution in [3.63, 3.8) is 0 Å². The van der Waals surface area contributed by atoms with Gasteiger partial charge in [0.1, 0.15) is 22.6 Å². The number of piperidine rings is 1. The van der Waals surface area contributed by atoms with Crippen LogP contribution in [0.4, 0.5) is 0 Å². The number of nitrogens with one attached hydrogen (secondary N) is 1. The highest BCUT2D eigenvalue weighted by Gasteiger charge is 2.27. The Morgan fingerprint density at radius 3 is 2.67 bits per heavy atom. The molecular formula is C23H31N3O3S. The van der Waals surface area contributed by atoms with Gasteiger partial charge in [0, 0.05) is 30.6 Å². The van der Waals surface area contributed by atoms with Crippen LogP contribution in [0.1, 0.15) is 66.5 Å². The molecule has 2 aliphatic rings. The summed E-state index contributed by atoms with van der Waals surface area (Å²) in [5.74, 6) is 1.74. The van der Waals surface area contributed by atoms with Crippen LogP contribution in [0.2, 0.25) is 0 Å². The van der Waals surface area contributed by atoms with E-state index in [2.05, 4.69) is 29.4 Å². The summed E-state index contributed by atoms with van der Waals surface area (Å²) in [6.45, 7) is 7.20. The number of methoxy groups -OCH3 is 1. The van der Waals surface area contributed by atoms with Gasteiger partial charge in [-0.2, -0.15) is 0 Å². The molecule has 1 aliphatic heterocycles. The molecule has 2 fully saturated rings. The number of thiazole rings is 1. The van der Waals surface area contributed by atoms with E-state index >= 15 is 0 Å². The first-order valence-electron chi connectivity index (χ1n) is 10.8. The lowest BCUT2D eigenvalue weighted by atomic mass is 10.1. The number of ether oxygens (including phenoxy) is 2. The number of rotatable bonds is 8. The molecule has 2 aromatic rings. The molecule has 7 heteroatoms. The summed E-state index contributed by atoms with van der Waals surface area (Å²) in [4.78, 5) is 19.8. The Hall–Kier alpha value is -2.12. The lowest BCUT2D eigenvalue weighted by Gasteiger charge is -2.32. The highest BCUT2D eigenvalue weighted by atomic mass is 32.1. The first-order valence-corrected chi connectivity index (χ1v) is 11.7. The third-order valence-electron chi connectivity index (χ3n) is 5.69. The molecule has 2 heterocycles. The molecule has 0 atom stereocenters. The summed E-state index contributed by atoms with van der Waals surface area (Å²) in [6, 6.07) is 5.77. The van der Waals surface area contributed by atoms with Crippen LogP contribution in [0.5, 0.6) is 11.5 Å². The monoisotopic (exact) mass is 429 g/mol. The third kappa shape index (κ3) is 5.32. The molecule has 1 aromatic heterocycles. The van der Waals surface area contributed by atoms with Gasteiger partial charge in [-0.1, -0.05) is 13.8 Å². The van der Waals surface area contributed by atoms with Gasteiger partial charge in [-0.15, -0.1) is 11.3 Å². The lowest BCUT2D eigenvalue weighted by molar-refractivity contribution is 0.0889. The molecule has 162 valence electrons. The van der Waals surface area contributed by atoms with Crippen LogP contribution in [-0.2, 0) is 6.54 Å². The molecular weight excluding hydrogens is 398 g/mol. The maximum atomic E-state index is 12.6. The van der Waals surface area contributed by atoms with Crippen molar-refractivity contribution in [3.8, 4) is 11.5 Å². The van der Waals surface area contributed by atoms with Gasteiger partial charge in [0.15, 0.2) is 0 Å². The van der Waals surface area contributed by atoms with Gasteiger partial charge in [0.25, 0.3) is 5.91 Å². The van der Waals surface area contributed by atoms with Crippen molar-refractivity contribution < 1.29 is 14.3 Å². The summed E-state index contributed by atoms with van der Waals surface area (Å²) < 4.78 is 11.7. The molecule has 1 amide bonds. The van der Waals surface area contributed by atoms with Gasteiger partial charge >= 0.3 is 0 Å². The van der Waals surface area contributed by atoms with Crippen LogP contribution in [0, 0.1) is 0 Å². The van der Waals surface area contributed by atoms with Crippen LogP contribution in [0.15, 0.2) is 23.6 Å². The summed E-state index contributed by atoms with van der Waals surface area (Å²) in [5, 5.41) is 6.41. The number of nitrogens with zero attached hydrogens (tertiary/aromatic N) is 2. The molecule has 1 aliphatic carbocycles. The number of hydrogen-bond acceptors (Lipinski definition) is 6. The number of carbonyl (C=O) groups is 1. The SMILES string of the molecule is COc1ccc(C(=O)NC2CC2)c(OC2CCN(Cc3nc(C(C)C)cs3)CC2)c1. The first-order chi connectivity index (χ1) is 14.5. The minimum Gasteiger partial charge on any atom is -0.497 e. The van der Waals surface area contributed by atoms with E-state index < -0.39 is 0 Å². The molecule has 0 radical (unpaired) electrons. The number of likely N-dealkylation sites (tertiary alicyclic amines) is 1. The molecule has 1 aromatic carbocycles. The van der Waals surface area contributed by atoms with E-state index in [4.69, 9.17) is 14.5 Å². The third-order valence-corrected chi connectivity index (χ3v) is 6.55. The van der Waals surface area contributed by atoms with E-state index in [1.807, 2.05) is 12.1 Å². The largest absolute Gasteiger partial charge is 0.497 e. The quantitative estimate of drug-likeness (QED) is 0.681. The fraction of sp³-hybridized carbons (Fsp3) is 0.565. The van der Waals surface area contributed by atoms with E-state index in [1.165, 1.54) is 10.7 Å². The molecule has 6 nitrogen and oxygen atoms in total. The molecule has 1 saturated carbocycles. The normalized spacial score (nSPS) is 17.9. The molecule has 0 unspecified atom stereocenters. The summed E-state index contributed by atoms with van der Waals surface area (Å²) in [6.07, 6.45) is 4.10. The maximum Gasteiger partial charge on any atom is 0.255 e. The zero-order valence-electron chi connectivity index (χ0n) is 18.0. The van der Waals surface area contributed by atoms with Crippen molar-refractivity contribution in [1.29, 1.82) is 0 Å². The van der Waals surface area contributed by atoms with Crippen LogP contribution < -0.4 is 14.8 Å². The Kier molecular flexibility index (Phi) is 6.58. The van der Waals surface area contributed by atoms with E-state index in [1.54, 1.807) is 24.5 Å². The van der Waals surface area contributed by atoms with E-state index in [-0.39, 0.29) is 12.0 Å². The lowest BCUT2D eigenvalue weighted by Crippen LogP contribution is -2.38. The van der Waals surface area contributed by atoms with Gasteiger partial charge < -0.3 is 14.8 Å². The Balaban J connectivity index is 1.35. The van der Waals surface area contributed by atoms with Gasteiger partial charge in [-0.05, 0) is 43.7 Å². The topological polar surface area (TPSA) is 63.7 Å². The van der Waals surface area contributed by atoms with Crippen molar-refractivity contribution in [3.05, 3.63) is 39.8 Å². The van der Waals surface area contributed by atoms with Crippen LogP contribution in [-0.4, -0.2) is 48.1 Å². The van der Waals surface area contributed by atoms with Gasteiger partial charge in [0.05, 0.1) is 24.9 Å². The molecule has 1 N–H and O–H groups in total. The van der Waals surface area contributed by atoms with E-state index in [9.17, 15) is 4.79 Å². The Bertz CT molecular complexity index is 870. The summed E-state index contributed by atoms with van der Waals surface area (Å²) in [5.41, 5.74) is 1.78. The van der Waals surface area contributed by atoms with E-state index in [0.29, 0.717) is 29.0 Å². The second-order valence-corrected chi connectivity index (χ2v) is 9.47. The van der Waals surface area contributed by atoms with Crippen molar-refractivity contribution in [2.45, 2.75) is 64.1 Å². The van der Waals surface area contributed by atoms with Crippen molar-refractivity contribution in [1.82, 2.24) is 15.2 Å². The second-order valence-electron chi connectivity index (χ2n) is 8.52. The zero-order chi connectivity index (χ0) is 21.1. The Morgan fingerprint density at radius 2 is 2.03 bits per heavy atom. The molecule has 0 spiro atoms. The average Bonchev–Trinajstić information content (AvgIpc) is 3.43. The fourth-order valence-corrected chi connectivity index (χ4v) is 4.62. The number of amides is 1. The first kappa shape index (κ1) is 21.1. The number of hydrogen-bond donors (Lipinski definition) is 1. The number of carbonyl (C=O) groups excluding carboxylic acids is 1. The highest BCUT2D eigenvalue weighted by molar-refractivity contribution is 7.09. The molecule has 30 heavy (non-hydrogen) atoms. The van der Waals surface area contributed by atoms with Crippen molar-refractivity contribution in [2.75, 3.05) is 20.2 Å². The van der Waals surface area contributed by atoms with Crippen molar-refractivity contribution >= 4 is 17.2 Å². The van der Waals surface area contributed by atoms with Crippen LogP contribution >= 0.6 is 11.3 Å². The smallest absolute Gasteiger partial charge is 0.255 e. The maximum absolute atomic E-state index is 12.6. The minimum absolute atomic E-state index is 0.0580. The second kappa shape index (κ2) is 9.35. The molecule has 0 bridgehead atoms. The van der Waals surface area contributed by atoms with Gasteiger partial charge in [0.2, 0.25) is 0 Å². The minimum atomic E-state index is -0.0580. The summed E-state index contributed by atoms with van der Waals surface area (Å²) in [7, 11) is 1.63. The predicted octanol–water partition coefficient (Wildman–Crippen LogP) is 4.21. The van der Waals surface area contributed by atoms with Gasteiger partial charge in [-0.25, -0.2) is 4.98 Å². The van der Waals surface area contributed by atoms with E-state index in [0.717, 1.165) is 45.3 Å². The van der Waals surface area contributed by atoms with Crippen LogP contribution in [0.25, 0.3) is 0 Å². The summed E-state index contributed by atoms with van der Waals surface area (Å²) >= 11 is 1.75. The van der Waals surface area contributed by atoms with Crippen LogP contribution in [0.3, 0.4) is 0 Å². The standard InChI is InChI=1S/C23H31N3O3S/c1-15(2)20-14-30-22(25-20)13-26-10-8-17(9-11-26)29-21-12-18(28-3)6-7-19(21)23(27)24-16-4-5-16/h6-7,12,14-17H,4-5,8-11,13H2,1-3H3,(H,24,27). The number of aromatic nitrogens is 1. The molecule has 4 rings (SSSR count).